The van der Waals surface area contributed by atoms with Crippen LogP contribution in [0.5, 0.6) is 0 Å². The van der Waals surface area contributed by atoms with Gasteiger partial charge in [-0.05, 0) is 24.0 Å². The third-order valence-electron chi connectivity index (χ3n) is 2.48. The Balaban J connectivity index is 2.72. The minimum atomic E-state index is -0.892. The molecule has 19 heavy (non-hydrogen) atoms. The largest absolute Gasteiger partial charge is 0.481 e. The molecule has 0 aliphatic rings. The molecule has 1 N–H and O–H groups in total. The topological polar surface area (TPSA) is 57.6 Å². The van der Waals surface area contributed by atoms with Gasteiger partial charge in [0.05, 0.1) is 12.2 Å². The Morgan fingerprint density at radius 1 is 1.42 bits per heavy atom. The Bertz CT molecular complexity index is 453. The molecule has 0 atom stereocenters. The Kier molecular flexibility index (Phi) is 6.94. The van der Waals surface area contributed by atoms with E-state index >= 15 is 0 Å². The first-order chi connectivity index (χ1) is 9.02. The normalized spacial score (nSPS) is 10.2. The predicted molar refractivity (Wildman–Crippen MR) is 80.2 cm³/mol. The molecule has 1 rings (SSSR count). The monoisotopic (exact) mass is 345 g/mol. The second-order valence-corrected chi connectivity index (χ2v) is 5.80. The maximum atomic E-state index is 11.9. The van der Waals surface area contributed by atoms with Crippen molar-refractivity contribution in [3.05, 3.63) is 34.3 Å². The SMILES string of the molecule is CSCC(=O)N(CCC(=O)O)Cc1cccc(Br)c1. The van der Waals surface area contributed by atoms with E-state index in [-0.39, 0.29) is 18.9 Å². The van der Waals surface area contributed by atoms with Crippen molar-refractivity contribution in [2.75, 3.05) is 18.6 Å². The van der Waals surface area contributed by atoms with Crippen LogP contribution in [-0.2, 0) is 16.1 Å². The Morgan fingerprint density at radius 3 is 2.74 bits per heavy atom. The van der Waals surface area contributed by atoms with Gasteiger partial charge < -0.3 is 10.0 Å². The van der Waals surface area contributed by atoms with E-state index in [4.69, 9.17) is 5.11 Å². The van der Waals surface area contributed by atoms with Gasteiger partial charge in [-0.3, -0.25) is 9.59 Å². The number of carboxylic acids is 1. The van der Waals surface area contributed by atoms with E-state index < -0.39 is 5.97 Å². The highest BCUT2D eigenvalue weighted by atomic mass is 79.9. The van der Waals surface area contributed by atoms with Crippen LogP contribution < -0.4 is 0 Å². The van der Waals surface area contributed by atoms with E-state index in [1.165, 1.54) is 11.8 Å². The number of hydrogen-bond acceptors (Lipinski definition) is 3. The first-order valence-corrected chi connectivity index (χ1v) is 7.94. The van der Waals surface area contributed by atoms with E-state index in [2.05, 4.69) is 15.9 Å². The number of hydrogen-bond donors (Lipinski definition) is 1. The summed E-state index contributed by atoms with van der Waals surface area (Å²) in [7, 11) is 0. The number of aliphatic carboxylic acids is 1. The van der Waals surface area contributed by atoms with Gasteiger partial charge >= 0.3 is 5.97 Å². The number of halogens is 1. The van der Waals surface area contributed by atoms with Crippen LogP contribution in [0.25, 0.3) is 0 Å². The summed E-state index contributed by atoms with van der Waals surface area (Å²) in [6, 6.07) is 7.66. The Morgan fingerprint density at radius 2 is 2.16 bits per heavy atom. The summed E-state index contributed by atoms with van der Waals surface area (Å²) in [5, 5.41) is 8.73. The highest BCUT2D eigenvalue weighted by Crippen LogP contribution is 2.14. The summed E-state index contributed by atoms with van der Waals surface area (Å²) in [6.45, 7) is 0.674. The summed E-state index contributed by atoms with van der Waals surface area (Å²) in [6.07, 6.45) is 1.82. The minimum absolute atomic E-state index is 0.0336. The molecule has 0 saturated heterocycles. The van der Waals surface area contributed by atoms with Crippen molar-refractivity contribution in [1.82, 2.24) is 4.90 Å². The zero-order chi connectivity index (χ0) is 14.3. The summed E-state index contributed by atoms with van der Waals surface area (Å²) in [4.78, 5) is 24.2. The molecule has 0 aliphatic carbocycles. The van der Waals surface area contributed by atoms with E-state index in [1.807, 2.05) is 30.5 Å². The number of nitrogens with zero attached hydrogens (tertiary/aromatic N) is 1. The van der Waals surface area contributed by atoms with Gasteiger partial charge in [0.25, 0.3) is 0 Å². The van der Waals surface area contributed by atoms with Crippen molar-refractivity contribution >= 4 is 39.6 Å². The predicted octanol–water partition coefficient (Wildman–Crippen LogP) is 2.62. The molecule has 104 valence electrons. The third-order valence-corrected chi connectivity index (χ3v) is 3.51. The highest BCUT2D eigenvalue weighted by Gasteiger charge is 2.14. The van der Waals surface area contributed by atoms with Gasteiger partial charge in [0.15, 0.2) is 0 Å². The molecule has 1 aromatic rings. The first-order valence-electron chi connectivity index (χ1n) is 5.76. The molecule has 0 fully saturated rings. The summed E-state index contributed by atoms with van der Waals surface area (Å²) in [5.41, 5.74) is 0.981. The smallest absolute Gasteiger partial charge is 0.305 e. The van der Waals surface area contributed by atoms with Crippen molar-refractivity contribution in [2.24, 2.45) is 0 Å². The van der Waals surface area contributed by atoms with E-state index in [0.29, 0.717) is 12.3 Å². The van der Waals surface area contributed by atoms with Crippen LogP contribution in [0.4, 0.5) is 0 Å². The van der Waals surface area contributed by atoms with Crippen LogP contribution in [0.2, 0.25) is 0 Å². The van der Waals surface area contributed by atoms with Crippen molar-refractivity contribution in [3.8, 4) is 0 Å². The second-order valence-electron chi connectivity index (χ2n) is 4.02. The average molecular weight is 346 g/mol. The number of carboxylic acid groups (broad SMARTS) is 1. The number of amides is 1. The van der Waals surface area contributed by atoms with Crippen molar-refractivity contribution in [3.63, 3.8) is 0 Å². The zero-order valence-electron chi connectivity index (χ0n) is 10.6. The molecule has 0 aliphatic heterocycles. The molecule has 0 radical (unpaired) electrons. The maximum Gasteiger partial charge on any atom is 0.305 e. The van der Waals surface area contributed by atoms with E-state index in [0.717, 1.165) is 10.0 Å². The Labute approximate surface area is 125 Å². The molecular weight excluding hydrogens is 330 g/mol. The molecule has 0 bridgehead atoms. The Hall–Kier alpha value is -1.01. The molecule has 4 nitrogen and oxygen atoms in total. The van der Waals surface area contributed by atoms with Crippen LogP contribution in [0.15, 0.2) is 28.7 Å². The maximum absolute atomic E-state index is 11.9. The van der Waals surface area contributed by atoms with E-state index in [9.17, 15) is 9.59 Å². The van der Waals surface area contributed by atoms with Crippen molar-refractivity contribution < 1.29 is 14.7 Å². The number of carbonyl (C=O) groups excluding carboxylic acids is 1. The van der Waals surface area contributed by atoms with Crippen LogP contribution >= 0.6 is 27.7 Å². The van der Waals surface area contributed by atoms with Gasteiger partial charge in [0.2, 0.25) is 5.91 Å². The molecule has 0 saturated carbocycles. The molecule has 0 unspecified atom stereocenters. The molecule has 1 amide bonds. The number of thioether (sulfide) groups is 1. The fourth-order valence-electron chi connectivity index (χ4n) is 1.59. The van der Waals surface area contributed by atoms with E-state index in [1.54, 1.807) is 4.90 Å². The van der Waals surface area contributed by atoms with Gasteiger partial charge in [-0.1, -0.05) is 28.1 Å². The molecule has 0 heterocycles. The van der Waals surface area contributed by atoms with Crippen molar-refractivity contribution in [1.29, 1.82) is 0 Å². The lowest BCUT2D eigenvalue weighted by Crippen LogP contribution is -2.33. The van der Waals surface area contributed by atoms with Crippen LogP contribution in [0, 0.1) is 0 Å². The molecule has 0 spiro atoms. The summed E-state index contributed by atoms with van der Waals surface area (Å²) < 4.78 is 0.945. The number of carbonyl (C=O) groups is 2. The van der Waals surface area contributed by atoms with Crippen LogP contribution in [-0.4, -0.2) is 40.4 Å². The molecular formula is C13H16BrNO3S. The molecule has 6 heteroatoms. The average Bonchev–Trinajstić information content (AvgIpc) is 2.34. The summed E-state index contributed by atoms with van der Waals surface area (Å²) in [5.74, 6) is -0.557. The fraction of sp³-hybridized carbons (Fsp3) is 0.385. The third kappa shape index (κ3) is 6.11. The molecule has 1 aromatic carbocycles. The van der Waals surface area contributed by atoms with Gasteiger partial charge in [-0.2, -0.15) is 11.8 Å². The summed E-state index contributed by atoms with van der Waals surface area (Å²) >= 11 is 4.82. The van der Waals surface area contributed by atoms with Gasteiger partial charge in [0.1, 0.15) is 0 Å². The van der Waals surface area contributed by atoms with Gasteiger partial charge in [-0.25, -0.2) is 0 Å². The first kappa shape index (κ1) is 16.0. The number of rotatable bonds is 7. The van der Waals surface area contributed by atoms with Gasteiger partial charge in [0, 0.05) is 17.6 Å². The fourth-order valence-corrected chi connectivity index (χ4v) is 2.47. The highest BCUT2D eigenvalue weighted by molar-refractivity contribution is 9.10. The van der Waals surface area contributed by atoms with Crippen LogP contribution in [0.3, 0.4) is 0 Å². The second kappa shape index (κ2) is 8.22. The zero-order valence-corrected chi connectivity index (χ0v) is 13.0. The number of benzene rings is 1. The minimum Gasteiger partial charge on any atom is -0.481 e. The lowest BCUT2D eigenvalue weighted by atomic mass is 10.2. The van der Waals surface area contributed by atoms with Crippen molar-refractivity contribution in [2.45, 2.75) is 13.0 Å². The van der Waals surface area contributed by atoms with Crippen LogP contribution in [0.1, 0.15) is 12.0 Å². The quantitative estimate of drug-likeness (QED) is 0.825. The molecule has 0 aromatic heterocycles. The van der Waals surface area contributed by atoms with Gasteiger partial charge in [-0.15, -0.1) is 0 Å². The lowest BCUT2D eigenvalue weighted by molar-refractivity contribution is -0.138. The standard InChI is InChI=1S/C13H16BrNO3S/c1-19-9-12(16)15(6-5-13(17)18)8-10-3-2-4-11(14)7-10/h2-4,7H,5-6,8-9H2,1H3,(H,17,18). The lowest BCUT2D eigenvalue weighted by Gasteiger charge is -2.22.